The monoisotopic (exact) mass is 561 g/mol. The minimum Gasteiger partial charge on any atom is -0.456 e. The fourth-order valence-electron chi connectivity index (χ4n) is 7.08. The second-order valence-corrected chi connectivity index (χ2v) is 11.4. The number of benzene rings is 7. The maximum atomic E-state index is 6.49. The zero-order chi connectivity index (χ0) is 28.8. The average Bonchev–Trinajstić information content (AvgIpc) is 3.64. The maximum Gasteiger partial charge on any atom is 0.235 e. The summed E-state index contributed by atoms with van der Waals surface area (Å²) in [4.78, 5) is 10.9. The third-order valence-corrected chi connectivity index (χ3v) is 9.00. The molecule has 0 aliphatic carbocycles. The molecule has 0 N–H and O–H groups in total. The van der Waals surface area contributed by atoms with Crippen LogP contribution in [0.5, 0.6) is 0 Å². The molecule has 204 valence electrons. The highest BCUT2D eigenvalue weighted by molar-refractivity contribution is 6.26. The minimum atomic E-state index is 0.639. The summed E-state index contributed by atoms with van der Waals surface area (Å²) < 4.78 is 8.69. The summed E-state index contributed by atoms with van der Waals surface area (Å²) in [6.45, 7) is 0. The van der Waals surface area contributed by atoms with Gasteiger partial charge in [0, 0.05) is 27.1 Å². The summed E-state index contributed by atoms with van der Waals surface area (Å²) in [5.74, 6) is 0.639. The predicted octanol–water partition coefficient (Wildman–Crippen LogP) is 10.6. The highest BCUT2D eigenvalue weighted by Crippen LogP contribution is 2.42. The van der Waals surface area contributed by atoms with Crippen LogP contribution in [0.25, 0.3) is 93.4 Å². The number of nitrogens with zero attached hydrogens (tertiary/aromatic N) is 3. The summed E-state index contributed by atoms with van der Waals surface area (Å²) in [7, 11) is 0. The molecule has 0 radical (unpaired) electrons. The maximum absolute atomic E-state index is 6.49. The van der Waals surface area contributed by atoms with Gasteiger partial charge in [0.2, 0.25) is 5.95 Å². The van der Waals surface area contributed by atoms with Crippen LogP contribution < -0.4 is 0 Å². The van der Waals surface area contributed by atoms with E-state index in [-0.39, 0.29) is 0 Å². The lowest BCUT2D eigenvalue weighted by Gasteiger charge is -2.14. The van der Waals surface area contributed by atoms with E-state index in [1.807, 2.05) is 0 Å². The summed E-state index contributed by atoms with van der Waals surface area (Å²) in [5.41, 5.74) is 6.69. The largest absolute Gasteiger partial charge is 0.456 e. The molecule has 0 spiro atoms. The Morgan fingerprint density at radius 2 is 1.02 bits per heavy atom. The van der Waals surface area contributed by atoms with Gasteiger partial charge < -0.3 is 4.42 Å². The number of hydrogen-bond donors (Lipinski definition) is 0. The lowest BCUT2D eigenvalue weighted by Crippen LogP contribution is -2.04. The third-order valence-electron chi connectivity index (χ3n) is 9.00. The standard InChI is InChI=1S/C40H23N3O/c1-3-13-26-24(10-1)12-9-17-30(26)38-31-21-23-35-37(36-27-14-4-2-11-25(27)20-22-34(36)44-35)39(31)42-40(41-38)43-32-18-7-5-15-28(32)29-16-6-8-19-33(29)43/h1-23H. The summed E-state index contributed by atoms with van der Waals surface area (Å²) >= 11 is 0. The number of aromatic nitrogens is 3. The Morgan fingerprint density at radius 1 is 0.432 bits per heavy atom. The van der Waals surface area contributed by atoms with Crippen LogP contribution in [0.4, 0.5) is 0 Å². The fourth-order valence-corrected chi connectivity index (χ4v) is 7.08. The van der Waals surface area contributed by atoms with E-state index in [9.17, 15) is 0 Å². The summed E-state index contributed by atoms with van der Waals surface area (Å²) in [6, 6.07) is 48.9. The van der Waals surface area contributed by atoms with Crippen molar-refractivity contribution in [2.75, 3.05) is 0 Å². The predicted molar refractivity (Wildman–Crippen MR) is 182 cm³/mol. The molecule has 7 aromatic carbocycles. The SMILES string of the molecule is c1ccc2c(-c3nc(-n4c5ccccc5c5ccccc54)nc4c3ccc3oc5ccc6ccccc6c5c34)cccc2c1. The van der Waals surface area contributed by atoms with E-state index in [1.165, 1.54) is 21.5 Å². The van der Waals surface area contributed by atoms with Gasteiger partial charge in [-0.3, -0.25) is 4.57 Å². The molecule has 0 fully saturated rings. The summed E-state index contributed by atoms with van der Waals surface area (Å²) in [6.07, 6.45) is 0. The minimum absolute atomic E-state index is 0.639. The lowest BCUT2D eigenvalue weighted by atomic mass is 9.97. The van der Waals surface area contributed by atoms with Crippen LogP contribution in [0.3, 0.4) is 0 Å². The molecule has 44 heavy (non-hydrogen) atoms. The number of fused-ring (bicyclic) bond motifs is 11. The fraction of sp³-hybridized carbons (Fsp3) is 0. The average molecular weight is 562 g/mol. The van der Waals surface area contributed by atoms with Gasteiger partial charge in [-0.15, -0.1) is 0 Å². The molecule has 0 aliphatic rings. The molecule has 0 atom stereocenters. The van der Waals surface area contributed by atoms with Crippen molar-refractivity contribution in [3.05, 3.63) is 140 Å². The van der Waals surface area contributed by atoms with E-state index in [0.717, 1.165) is 65.9 Å². The number of furan rings is 1. The zero-order valence-electron chi connectivity index (χ0n) is 23.5. The first-order chi connectivity index (χ1) is 21.8. The van der Waals surface area contributed by atoms with Crippen LogP contribution in [-0.4, -0.2) is 14.5 Å². The van der Waals surface area contributed by atoms with E-state index in [4.69, 9.17) is 14.4 Å². The molecule has 3 aromatic heterocycles. The van der Waals surface area contributed by atoms with E-state index in [0.29, 0.717) is 5.95 Å². The molecular formula is C40H23N3O. The third kappa shape index (κ3) is 3.17. The Labute approximate surface area is 251 Å². The highest BCUT2D eigenvalue weighted by Gasteiger charge is 2.21. The Morgan fingerprint density at radius 3 is 1.80 bits per heavy atom. The Kier molecular flexibility index (Phi) is 4.69. The van der Waals surface area contributed by atoms with E-state index >= 15 is 0 Å². The number of rotatable bonds is 2. The van der Waals surface area contributed by atoms with Crippen LogP contribution in [0.15, 0.2) is 144 Å². The molecule has 0 unspecified atom stereocenters. The molecule has 0 aliphatic heterocycles. The smallest absolute Gasteiger partial charge is 0.235 e. The van der Waals surface area contributed by atoms with E-state index in [2.05, 4.69) is 144 Å². The van der Waals surface area contributed by atoms with Gasteiger partial charge in [0.15, 0.2) is 0 Å². The first-order valence-electron chi connectivity index (χ1n) is 14.8. The van der Waals surface area contributed by atoms with Gasteiger partial charge in [0.25, 0.3) is 0 Å². The second kappa shape index (κ2) is 8.76. The van der Waals surface area contributed by atoms with Gasteiger partial charge in [-0.25, -0.2) is 9.97 Å². The quantitative estimate of drug-likeness (QED) is 0.211. The molecule has 10 aromatic rings. The Hall–Kier alpha value is -6.00. The van der Waals surface area contributed by atoms with Crippen molar-refractivity contribution in [3.63, 3.8) is 0 Å². The second-order valence-electron chi connectivity index (χ2n) is 11.4. The van der Waals surface area contributed by atoms with Gasteiger partial charge in [0.1, 0.15) is 11.2 Å². The molecule has 3 heterocycles. The molecule has 4 heteroatoms. The summed E-state index contributed by atoms with van der Waals surface area (Å²) in [5, 5.41) is 10.1. The molecule has 0 amide bonds. The van der Waals surface area contributed by atoms with Crippen molar-refractivity contribution in [1.29, 1.82) is 0 Å². The lowest BCUT2D eigenvalue weighted by molar-refractivity contribution is 0.669. The van der Waals surface area contributed by atoms with Gasteiger partial charge in [-0.1, -0.05) is 109 Å². The highest BCUT2D eigenvalue weighted by atomic mass is 16.3. The number of para-hydroxylation sites is 2. The molecule has 0 bridgehead atoms. The van der Waals surface area contributed by atoms with Crippen LogP contribution in [0.2, 0.25) is 0 Å². The molecule has 10 rings (SSSR count). The van der Waals surface area contributed by atoms with Gasteiger partial charge in [-0.2, -0.15) is 0 Å². The van der Waals surface area contributed by atoms with Crippen LogP contribution in [-0.2, 0) is 0 Å². The van der Waals surface area contributed by atoms with Crippen molar-refractivity contribution in [1.82, 2.24) is 14.5 Å². The van der Waals surface area contributed by atoms with E-state index in [1.54, 1.807) is 0 Å². The van der Waals surface area contributed by atoms with Crippen LogP contribution >= 0.6 is 0 Å². The van der Waals surface area contributed by atoms with Crippen molar-refractivity contribution in [3.8, 4) is 17.2 Å². The Bertz CT molecular complexity index is 2730. The Balaban J connectivity index is 1.44. The normalized spacial score (nSPS) is 12.1. The molecule has 4 nitrogen and oxygen atoms in total. The van der Waals surface area contributed by atoms with Gasteiger partial charge in [0.05, 0.1) is 27.6 Å². The van der Waals surface area contributed by atoms with Crippen molar-refractivity contribution in [2.24, 2.45) is 0 Å². The van der Waals surface area contributed by atoms with Crippen molar-refractivity contribution >= 4 is 76.2 Å². The molecule has 0 saturated carbocycles. The van der Waals surface area contributed by atoms with Gasteiger partial charge >= 0.3 is 0 Å². The van der Waals surface area contributed by atoms with E-state index < -0.39 is 0 Å². The van der Waals surface area contributed by atoms with Gasteiger partial charge in [-0.05, 0) is 51.9 Å². The number of hydrogen-bond acceptors (Lipinski definition) is 3. The van der Waals surface area contributed by atoms with Crippen molar-refractivity contribution < 1.29 is 4.42 Å². The first-order valence-corrected chi connectivity index (χ1v) is 14.8. The molecule has 0 saturated heterocycles. The first kappa shape index (κ1) is 23.6. The zero-order valence-corrected chi connectivity index (χ0v) is 23.5. The van der Waals surface area contributed by atoms with Crippen molar-refractivity contribution in [2.45, 2.75) is 0 Å². The molecular weight excluding hydrogens is 538 g/mol. The topological polar surface area (TPSA) is 43.9 Å². The van der Waals surface area contributed by atoms with Crippen LogP contribution in [0.1, 0.15) is 0 Å². The van der Waals surface area contributed by atoms with Crippen LogP contribution in [0, 0.1) is 0 Å².